The summed E-state index contributed by atoms with van der Waals surface area (Å²) in [5.41, 5.74) is -0.976. The molecular weight excluding hydrogens is 196 g/mol. The number of allylic oxidation sites excluding steroid dienone is 2. The van der Waals surface area contributed by atoms with E-state index in [4.69, 9.17) is 0 Å². The molecule has 0 saturated heterocycles. The third-order valence-corrected chi connectivity index (χ3v) is 2.58. The van der Waals surface area contributed by atoms with Crippen molar-refractivity contribution in [2.24, 2.45) is 11.3 Å². The lowest BCUT2D eigenvalue weighted by Gasteiger charge is -2.30. The monoisotopic (exact) mass is 210 g/mol. The molecule has 0 aliphatic heterocycles. The Morgan fingerprint density at radius 2 is 1.87 bits per heavy atom. The lowest BCUT2D eigenvalue weighted by Crippen LogP contribution is -2.40. The number of carbonyl (C=O) groups excluding carboxylic acids is 2. The van der Waals surface area contributed by atoms with E-state index in [0.29, 0.717) is 0 Å². The largest absolute Gasteiger partial charge is 0.469 e. The molecule has 4 heteroatoms. The van der Waals surface area contributed by atoms with E-state index >= 15 is 0 Å². The van der Waals surface area contributed by atoms with Crippen LogP contribution in [0, 0.1) is 11.3 Å². The Morgan fingerprint density at radius 1 is 1.20 bits per heavy atom. The molecule has 1 aliphatic carbocycles. The van der Waals surface area contributed by atoms with Gasteiger partial charge in [0.15, 0.2) is 0 Å². The van der Waals surface area contributed by atoms with E-state index in [1.54, 1.807) is 31.2 Å². The van der Waals surface area contributed by atoms with Crippen LogP contribution in [0.15, 0.2) is 24.3 Å². The minimum absolute atomic E-state index is 0.441. The highest BCUT2D eigenvalue weighted by molar-refractivity contribution is 5.88. The molecule has 0 heterocycles. The molecule has 1 aliphatic rings. The zero-order valence-corrected chi connectivity index (χ0v) is 9.02. The van der Waals surface area contributed by atoms with Crippen LogP contribution in [-0.4, -0.2) is 26.2 Å². The number of hydrogen-bond donors (Lipinski definition) is 0. The smallest absolute Gasteiger partial charge is 0.316 e. The van der Waals surface area contributed by atoms with Crippen LogP contribution in [0.1, 0.15) is 6.92 Å². The van der Waals surface area contributed by atoms with Crippen molar-refractivity contribution in [3.63, 3.8) is 0 Å². The summed E-state index contributed by atoms with van der Waals surface area (Å²) in [6.45, 7) is 1.65. The van der Waals surface area contributed by atoms with Gasteiger partial charge in [-0.25, -0.2) is 0 Å². The number of esters is 2. The second-order valence-corrected chi connectivity index (χ2v) is 3.52. The van der Waals surface area contributed by atoms with E-state index < -0.39 is 23.3 Å². The third-order valence-electron chi connectivity index (χ3n) is 2.58. The Labute approximate surface area is 88.6 Å². The molecule has 0 radical (unpaired) electrons. The topological polar surface area (TPSA) is 52.6 Å². The molecule has 0 N–H and O–H groups in total. The first-order chi connectivity index (χ1) is 7.06. The molecule has 0 saturated carbocycles. The van der Waals surface area contributed by atoms with Crippen molar-refractivity contribution in [1.29, 1.82) is 0 Å². The maximum absolute atomic E-state index is 11.6. The molecule has 82 valence electrons. The lowest BCUT2D eigenvalue weighted by atomic mass is 9.74. The summed E-state index contributed by atoms with van der Waals surface area (Å²) in [6.07, 6.45) is 6.73. The van der Waals surface area contributed by atoms with Gasteiger partial charge in [0.25, 0.3) is 0 Å². The molecule has 4 nitrogen and oxygen atoms in total. The van der Waals surface area contributed by atoms with E-state index in [1.807, 2.05) is 0 Å². The normalized spacial score (nSPS) is 28.6. The van der Waals surface area contributed by atoms with Crippen LogP contribution >= 0.6 is 0 Å². The molecule has 15 heavy (non-hydrogen) atoms. The average Bonchev–Trinajstić information content (AvgIpc) is 2.27. The Hall–Kier alpha value is -1.58. The van der Waals surface area contributed by atoms with Gasteiger partial charge in [-0.3, -0.25) is 9.59 Å². The second kappa shape index (κ2) is 4.29. The van der Waals surface area contributed by atoms with E-state index in [0.717, 1.165) is 0 Å². The van der Waals surface area contributed by atoms with Crippen LogP contribution in [0.25, 0.3) is 0 Å². The van der Waals surface area contributed by atoms with E-state index in [-0.39, 0.29) is 0 Å². The second-order valence-electron chi connectivity index (χ2n) is 3.52. The Morgan fingerprint density at radius 3 is 2.40 bits per heavy atom. The summed E-state index contributed by atoms with van der Waals surface area (Å²) in [4.78, 5) is 23.1. The predicted octanol–water partition coefficient (Wildman–Crippen LogP) is 1.08. The van der Waals surface area contributed by atoms with E-state index in [1.165, 1.54) is 14.2 Å². The van der Waals surface area contributed by atoms with Crippen LogP contribution in [-0.2, 0) is 19.1 Å². The van der Waals surface area contributed by atoms with Gasteiger partial charge in [-0.05, 0) is 6.92 Å². The van der Waals surface area contributed by atoms with E-state index in [9.17, 15) is 9.59 Å². The van der Waals surface area contributed by atoms with Crippen molar-refractivity contribution in [2.75, 3.05) is 14.2 Å². The van der Waals surface area contributed by atoms with E-state index in [2.05, 4.69) is 9.47 Å². The minimum Gasteiger partial charge on any atom is -0.469 e. The van der Waals surface area contributed by atoms with Crippen LogP contribution in [0.5, 0.6) is 0 Å². The van der Waals surface area contributed by atoms with Crippen molar-refractivity contribution in [3.05, 3.63) is 24.3 Å². The van der Waals surface area contributed by atoms with Gasteiger partial charge in [0.1, 0.15) is 5.41 Å². The zero-order valence-electron chi connectivity index (χ0n) is 9.02. The van der Waals surface area contributed by atoms with Crippen LogP contribution in [0.2, 0.25) is 0 Å². The molecule has 0 amide bonds. The lowest BCUT2D eigenvalue weighted by molar-refractivity contribution is -0.159. The molecule has 0 fully saturated rings. The maximum Gasteiger partial charge on any atom is 0.316 e. The van der Waals surface area contributed by atoms with Gasteiger partial charge in [0.05, 0.1) is 20.1 Å². The highest BCUT2D eigenvalue weighted by Crippen LogP contribution is 2.35. The molecule has 2 atom stereocenters. The third kappa shape index (κ3) is 1.93. The first-order valence-corrected chi connectivity index (χ1v) is 4.58. The molecule has 0 unspecified atom stereocenters. The summed E-state index contributed by atoms with van der Waals surface area (Å²) in [5.74, 6) is -1.51. The average molecular weight is 210 g/mol. The standard InChI is InChI=1S/C11H14O4/c1-11(10(13)15-3)7-5-4-6-8(11)9(12)14-2/h4-8H,1-3H3/t8-,11-/m0/s1. The molecule has 0 aromatic rings. The highest BCUT2D eigenvalue weighted by Gasteiger charge is 2.44. The van der Waals surface area contributed by atoms with Crippen LogP contribution in [0.3, 0.4) is 0 Å². The van der Waals surface area contributed by atoms with Gasteiger partial charge in [-0.1, -0.05) is 24.3 Å². The Kier molecular flexibility index (Phi) is 3.29. The molecular formula is C11H14O4. The fourth-order valence-electron chi connectivity index (χ4n) is 1.60. The highest BCUT2D eigenvalue weighted by atomic mass is 16.5. The first kappa shape index (κ1) is 11.5. The van der Waals surface area contributed by atoms with Crippen molar-refractivity contribution < 1.29 is 19.1 Å². The summed E-state index contributed by atoms with van der Waals surface area (Å²) in [5, 5.41) is 0. The Bertz CT molecular complexity index is 329. The molecule has 0 aromatic carbocycles. The maximum atomic E-state index is 11.6. The summed E-state index contributed by atoms with van der Waals surface area (Å²) >= 11 is 0. The fraction of sp³-hybridized carbons (Fsp3) is 0.455. The zero-order chi connectivity index (χ0) is 11.5. The van der Waals surface area contributed by atoms with Gasteiger partial charge in [0, 0.05) is 0 Å². The van der Waals surface area contributed by atoms with Crippen LogP contribution < -0.4 is 0 Å². The molecule has 0 bridgehead atoms. The van der Waals surface area contributed by atoms with Crippen molar-refractivity contribution in [3.8, 4) is 0 Å². The molecule has 1 rings (SSSR count). The van der Waals surface area contributed by atoms with Crippen molar-refractivity contribution in [2.45, 2.75) is 6.92 Å². The van der Waals surface area contributed by atoms with Gasteiger partial charge < -0.3 is 9.47 Å². The predicted molar refractivity (Wildman–Crippen MR) is 53.9 cm³/mol. The van der Waals surface area contributed by atoms with Gasteiger partial charge in [0.2, 0.25) is 0 Å². The number of rotatable bonds is 2. The number of hydrogen-bond acceptors (Lipinski definition) is 4. The van der Waals surface area contributed by atoms with Gasteiger partial charge >= 0.3 is 11.9 Å². The number of ether oxygens (including phenoxy) is 2. The summed E-state index contributed by atoms with van der Waals surface area (Å²) in [7, 11) is 2.60. The molecule has 0 spiro atoms. The fourth-order valence-corrected chi connectivity index (χ4v) is 1.60. The van der Waals surface area contributed by atoms with Crippen LogP contribution in [0.4, 0.5) is 0 Å². The first-order valence-electron chi connectivity index (χ1n) is 4.58. The quantitative estimate of drug-likeness (QED) is 0.640. The molecule has 0 aromatic heterocycles. The Balaban J connectivity index is 3.04. The number of carbonyl (C=O) groups is 2. The van der Waals surface area contributed by atoms with Crippen molar-refractivity contribution >= 4 is 11.9 Å². The number of methoxy groups -OCH3 is 2. The van der Waals surface area contributed by atoms with Gasteiger partial charge in [-0.15, -0.1) is 0 Å². The van der Waals surface area contributed by atoms with Gasteiger partial charge in [-0.2, -0.15) is 0 Å². The minimum atomic E-state index is -0.976. The SMILES string of the molecule is COC(=O)[C@@H]1C=CC=C[C@]1(C)C(=O)OC. The summed E-state index contributed by atoms with van der Waals surface area (Å²) in [6, 6.07) is 0. The van der Waals surface area contributed by atoms with Crippen molar-refractivity contribution in [1.82, 2.24) is 0 Å². The summed E-state index contributed by atoms with van der Waals surface area (Å²) < 4.78 is 9.33.